The van der Waals surface area contributed by atoms with Crippen LogP contribution < -0.4 is 10.2 Å². The summed E-state index contributed by atoms with van der Waals surface area (Å²) in [5, 5.41) is 7.18. The first-order chi connectivity index (χ1) is 12.7. The highest BCUT2D eigenvalue weighted by Crippen LogP contribution is 2.30. The van der Waals surface area contributed by atoms with Crippen molar-refractivity contribution in [2.75, 3.05) is 23.3 Å². The topological polar surface area (TPSA) is 67.1 Å². The summed E-state index contributed by atoms with van der Waals surface area (Å²) in [6.45, 7) is 3.44. The standard InChI is InChI=1S/C19H20FN5O/c1-13-22-19(26-24-13)15-5-4-10-21-18(15)25-11-8-14(9-12-25)23-17-7-3-2-6-16(17)20/h2-7,10,14,23H,8-9,11-12H2,1H3. The summed E-state index contributed by atoms with van der Waals surface area (Å²) >= 11 is 0. The maximum atomic E-state index is 13.8. The van der Waals surface area contributed by atoms with E-state index in [1.165, 1.54) is 6.07 Å². The highest BCUT2D eigenvalue weighted by molar-refractivity contribution is 5.69. The Hall–Kier alpha value is -2.96. The fraction of sp³-hybridized carbons (Fsp3) is 0.316. The van der Waals surface area contributed by atoms with Crippen LogP contribution in [0, 0.1) is 12.7 Å². The van der Waals surface area contributed by atoms with Gasteiger partial charge < -0.3 is 14.7 Å². The van der Waals surface area contributed by atoms with Crippen LogP contribution >= 0.6 is 0 Å². The summed E-state index contributed by atoms with van der Waals surface area (Å²) < 4.78 is 19.1. The molecule has 0 bridgehead atoms. The summed E-state index contributed by atoms with van der Waals surface area (Å²) in [7, 11) is 0. The third kappa shape index (κ3) is 3.37. The van der Waals surface area contributed by atoms with E-state index < -0.39 is 0 Å². The number of hydrogen-bond donors (Lipinski definition) is 1. The number of hydrogen-bond acceptors (Lipinski definition) is 6. The van der Waals surface area contributed by atoms with Crippen molar-refractivity contribution in [2.24, 2.45) is 0 Å². The second-order valence-corrected chi connectivity index (χ2v) is 6.41. The van der Waals surface area contributed by atoms with Gasteiger partial charge in [-0.05, 0) is 44.0 Å². The van der Waals surface area contributed by atoms with Gasteiger partial charge in [0.05, 0.1) is 11.3 Å². The van der Waals surface area contributed by atoms with Gasteiger partial charge in [0.15, 0.2) is 5.82 Å². The summed E-state index contributed by atoms with van der Waals surface area (Å²) in [6.07, 6.45) is 3.56. The molecule has 0 saturated carbocycles. The number of nitrogens with zero attached hydrogens (tertiary/aromatic N) is 4. The van der Waals surface area contributed by atoms with Crippen LogP contribution in [0.5, 0.6) is 0 Å². The minimum Gasteiger partial charge on any atom is -0.380 e. The Morgan fingerprint density at radius 2 is 1.96 bits per heavy atom. The van der Waals surface area contributed by atoms with Crippen LogP contribution in [-0.4, -0.2) is 34.3 Å². The predicted molar refractivity (Wildman–Crippen MR) is 97.5 cm³/mol. The van der Waals surface area contributed by atoms with E-state index in [1.54, 1.807) is 25.3 Å². The van der Waals surface area contributed by atoms with Crippen molar-refractivity contribution in [3.63, 3.8) is 0 Å². The van der Waals surface area contributed by atoms with Crippen LogP contribution in [0.1, 0.15) is 18.7 Å². The number of benzene rings is 1. The van der Waals surface area contributed by atoms with Gasteiger partial charge in [-0.1, -0.05) is 17.3 Å². The fourth-order valence-electron chi connectivity index (χ4n) is 3.26. The van der Waals surface area contributed by atoms with Gasteiger partial charge in [-0.15, -0.1) is 0 Å². The van der Waals surface area contributed by atoms with Gasteiger partial charge in [-0.3, -0.25) is 0 Å². The maximum Gasteiger partial charge on any atom is 0.261 e. The summed E-state index contributed by atoms with van der Waals surface area (Å²) in [4.78, 5) is 11.1. The quantitative estimate of drug-likeness (QED) is 0.772. The Morgan fingerprint density at radius 1 is 1.15 bits per heavy atom. The zero-order valence-electron chi connectivity index (χ0n) is 14.5. The molecule has 134 valence electrons. The predicted octanol–water partition coefficient (Wildman–Crippen LogP) is 3.66. The Labute approximate surface area is 151 Å². The first-order valence-corrected chi connectivity index (χ1v) is 8.72. The summed E-state index contributed by atoms with van der Waals surface area (Å²) in [5.74, 6) is 1.72. The zero-order chi connectivity index (χ0) is 17.9. The second-order valence-electron chi connectivity index (χ2n) is 6.41. The van der Waals surface area contributed by atoms with E-state index in [4.69, 9.17) is 4.52 Å². The van der Waals surface area contributed by atoms with Crippen LogP contribution in [-0.2, 0) is 0 Å². The van der Waals surface area contributed by atoms with Gasteiger partial charge in [-0.2, -0.15) is 4.98 Å². The molecule has 1 aromatic carbocycles. The van der Waals surface area contributed by atoms with Gasteiger partial charge in [-0.25, -0.2) is 9.37 Å². The molecule has 1 saturated heterocycles. The molecule has 26 heavy (non-hydrogen) atoms. The van der Waals surface area contributed by atoms with Crippen molar-refractivity contribution in [3.05, 3.63) is 54.2 Å². The molecule has 0 atom stereocenters. The number of halogens is 1. The molecule has 0 spiro atoms. The smallest absolute Gasteiger partial charge is 0.261 e. The SMILES string of the molecule is Cc1noc(-c2cccnc2N2CCC(Nc3ccccc3F)CC2)n1. The monoisotopic (exact) mass is 353 g/mol. The minimum absolute atomic E-state index is 0.214. The average molecular weight is 353 g/mol. The molecule has 3 heterocycles. The number of aromatic nitrogens is 3. The molecular weight excluding hydrogens is 333 g/mol. The second kappa shape index (κ2) is 7.11. The van der Waals surface area contributed by atoms with Gasteiger partial charge in [0.2, 0.25) is 0 Å². The van der Waals surface area contributed by atoms with E-state index in [2.05, 4.69) is 25.3 Å². The molecule has 1 aliphatic heterocycles. The number of para-hydroxylation sites is 1. The van der Waals surface area contributed by atoms with Gasteiger partial charge in [0, 0.05) is 25.3 Å². The Kier molecular flexibility index (Phi) is 4.51. The van der Waals surface area contributed by atoms with Gasteiger partial charge in [0.1, 0.15) is 11.6 Å². The van der Waals surface area contributed by atoms with E-state index >= 15 is 0 Å². The zero-order valence-corrected chi connectivity index (χ0v) is 14.5. The largest absolute Gasteiger partial charge is 0.380 e. The number of anilines is 2. The number of rotatable bonds is 4. The molecule has 3 aromatic rings. The molecule has 7 heteroatoms. The fourth-order valence-corrected chi connectivity index (χ4v) is 3.26. The van der Waals surface area contributed by atoms with Crippen molar-refractivity contribution in [1.82, 2.24) is 15.1 Å². The van der Waals surface area contributed by atoms with Crippen LogP contribution in [0.2, 0.25) is 0 Å². The Balaban J connectivity index is 1.46. The first kappa shape index (κ1) is 16.5. The van der Waals surface area contributed by atoms with Crippen LogP contribution in [0.4, 0.5) is 15.9 Å². The summed E-state index contributed by atoms with van der Waals surface area (Å²) in [6, 6.07) is 10.8. The van der Waals surface area contributed by atoms with Gasteiger partial charge >= 0.3 is 0 Å². The third-order valence-electron chi connectivity index (χ3n) is 4.57. The van der Waals surface area contributed by atoms with E-state index in [-0.39, 0.29) is 11.9 Å². The highest BCUT2D eigenvalue weighted by Gasteiger charge is 2.24. The normalized spacial score (nSPS) is 15.2. The molecule has 1 fully saturated rings. The van der Waals surface area contributed by atoms with Crippen molar-refractivity contribution in [3.8, 4) is 11.5 Å². The lowest BCUT2D eigenvalue weighted by atomic mass is 10.0. The van der Waals surface area contributed by atoms with Crippen molar-refractivity contribution in [2.45, 2.75) is 25.8 Å². The highest BCUT2D eigenvalue weighted by atomic mass is 19.1. The molecule has 0 amide bonds. The molecular formula is C19H20FN5O. The van der Waals surface area contributed by atoms with Crippen molar-refractivity contribution >= 4 is 11.5 Å². The molecule has 1 N–H and O–H groups in total. The molecule has 0 radical (unpaired) electrons. The van der Waals surface area contributed by atoms with E-state index in [0.29, 0.717) is 17.4 Å². The lowest BCUT2D eigenvalue weighted by Crippen LogP contribution is -2.39. The van der Waals surface area contributed by atoms with Crippen LogP contribution in [0.25, 0.3) is 11.5 Å². The average Bonchev–Trinajstić information content (AvgIpc) is 3.11. The summed E-state index contributed by atoms with van der Waals surface area (Å²) in [5.41, 5.74) is 1.40. The lowest BCUT2D eigenvalue weighted by molar-refractivity contribution is 0.425. The minimum atomic E-state index is -0.214. The third-order valence-corrected chi connectivity index (χ3v) is 4.57. The molecule has 1 aliphatic rings. The van der Waals surface area contributed by atoms with E-state index in [1.807, 2.05) is 18.2 Å². The van der Waals surface area contributed by atoms with Crippen LogP contribution in [0.3, 0.4) is 0 Å². The van der Waals surface area contributed by atoms with E-state index in [0.717, 1.165) is 37.3 Å². The first-order valence-electron chi connectivity index (χ1n) is 8.72. The van der Waals surface area contributed by atoms with Gasteiger partial charge in [0.25, 0.3) is 5.89 Å². The molecule has 4 rings (SSSR count). The van der Waals surface area contributed by atoms with Crippen molar-refractivity contribution < 1.29 is 8.91 Å². The number of pyridine rings is 1. The Morgan fingerprint density at radius 3 is 2.69 bits per heavy atom. The van der Waals surface area contributed by atoms with Crippen molar-refractivity contribution in [1.29, 1.82) is 0 Å². The molecule has 2 aromatic heterocycles. The maximum absolute atomic E-state index is 13.8. The number of nitrogens with one attached hydrogen (secondary N) is 1. The van der Waals surface area contributed by atoms with Crippen LogP contribution in [0.15, 0.2) is 47.1 Å². The Bertz CT molecular complexity index is 889. The molecule has 0 unspecified atom stereocenters. The molecule has 0 aliphatic carbocycles. The van der Waals surface area contributed by atoms with E-state index in [9.17, 15) is 4.39 Å². The number of aryl methyl sites for hydroxylation is 1. The molecule has 6 nitrogen and oxygen atoms in total. The number of piperidine rings is 1. The lowest BCUT2D eigenvalue weighted by Gasteiger charge is -2.34.